The number of hydrogen-bond donors (Lipinski definition) is 1. The zero-order valence-electron chi connectivity index (χ0n) is 7.49. The van der Waals surface area contributed by atoms with Gasteiger partial charge in [0.1, 0.15) is 11.0 Å². The van der Waals surface area contributed by atoms with Crippen LogP contribution in [0.25, 0.3) is 0 Å². The normalized spacial score (nSPS) is 11.5. The van der Waals surface area contributed by atoms with Crippen molar-refractivity contribution in [3.8, 4) is 6.07 Å². The minimum atomic E-state index is -4.40. The monoisotopic (exact) mass is 251 g/mol. The lowest BCUT2D eigenvalue weighted by molar-refractivity contribution is 0.144. The van der Waals surface area contributed by atoms with Gasteiger partial charge in [0.05, 0.1) is 17.3 Å². The second kappa shape index (κ2) is 4.07. The van der Waals surface area contributed by atoms with Gasteiger partial charge in [-0.25, -0.2) is 27.3 Å². The average molecular weight is 251 g/mol. The Labute approximate surface area is 88.4 Å². The summed E-state index contributed by atoms with van der Waals surface area (Å²) in [7, 11) is -4.40. The first-order chi connectivity index (χ1) is 7.29. The molecule has 2 N–H and O–H groups in total. The molecule has 1 heterocycles. The highest BCUT2D eigenvalue weighted by Gasteiger charge is 2.26. The Kier molecular flexibility index (Phi) is 3.16. The van der Waals surface area contributed by atoms with E-state index in [1.165, 1.54) is 6.07 Å². The molecule has 0 spiro atoms. The maximum absolute atomic E-state index is 12.9. The van der Waals surface area contributed by atoms with Gasteiger partial charge < -0.3 is 0 Å². The maximum Gasteiger partial charge on any atom is 0.269 e. The molecule has 0 aliphatic heterocycles. The quantitative estimate of drug-likeness (QED) is 0.781. The van der Waals surface area contributed by atoms with Gasteiger partial charge >= 0.3 is 0 Å². The number of nitrogens with two attached hydrogens (primary N) is 1. The first-order valence-corrected chi connectivity index (χ1v) is 5.23. The minimum absolute atomic E-state index is 0.426. The van der Waals surface area contributed by atoms with Crippen molar-refractivity contribution < 1.29 is 21.6 Å². The van der Waals surface area contributed by atoms with Crippen molar-refractivity contribution in [3.63, 3.8) is 0 Å². The van der Waals surface area contributed by atoms with Crippen LogP contribution >= 0.6 is 0 Å². The van der Waals surface area contributed by atoms with Crippen LogP contribution in [0.2, 0.25) is 0 Å². The average Bonchev–Trinajstić information content (AvgIpc) is 2.14. The molecule has 0 radical (unpaired) electrons. The van der Waals surface area contributed by atoms with Crippen LogP contribution in [0.4, 0.5) is 13.2 Å². The molecular formula is C7H4F3N3O2S. The van der Waals surface area contributed by atoms with Crippen LogP contribution < -0.4 is 5.14 Å². The Balaban J connectivity index is 3.72. The van der Waals surface area contributed by atoms with Crippen LogP contribution in [0, 0.1) is 17.3 Å². The third-order valence-electron chi connectivity index (χ3n) is 1.67. The molecule has 5 nitrogen and oxygen atoms in total. The number of nitriles is 1. The summed E-state index contributed by atoms with van der Waals surface area (Å²) in [5, 5.41) is 13.2. The van der Waals surface area contributed by atoms with Crippen molar-refractivity contribution in [2.75, 3.05) is 0 Å². The molecule has 1 aromatic heterocycles. The summed E-state index contributed by atoms with van der Waals surface area (Å²) in [4.78, 5) is 1.89. The van der Waals surface area contributed by atoms with E-state index in [0.29, 0.717) is 6.20 Å². The summed E-state index contributed by atoms with van der Waals surface area (Å²) in [6.45, 7) is 0. The smallest absolute Gasteiger partial charge is 0.226 e. The van der Waals surface area contributed by atoms with E-state index in [9.17, 15) is 21.6 Å². The van der Waals surface area contributed by atoms with Gasteiger partial charge in [-0.15, -0.1) is 0 Å². The fourth-order valence-corrected chi connectivity index (χ4v) is 1.66. The molecule has 0 aromatic carbocycles. The van der Waals surface area contributed by atoms with Crippen molar-refractivity contribution in [1.82, 2.24) is 4.98 Å². The lowest BCUT2D eigenvalue weighted by Crippen LogP contribution is -2.16. The number of halogens is 3. The van der Waals surface area contributed by atoms with Gasteiger partial charge in [-0.05, 0) is 0 Å². The van der Waals surface area contributed by atoms with Crippen molar-refractivity contribution in [1.29, 1.82) is 5.26 Å². The Morgan fingerprint density at radius 2 is 2.06 bits per heavy atom. The predicted octanol–water partition coefficient (Wildman–Crippen LogP) is 0.677. The van der Waals surface area contributed by atoms with Crippen LogP contribution in [0.15, 0.2) is 11.1 Å². The molecule has 86 valence electrons. The standard InChI is InChI=1S/C7H4F3N3O2S/c8-6(9)5-3(1-11)4(16(12,14)15)2-13-7(5)10/h2,6H,(H2,12,14,15). The summed E-state index contributed by atoms with van der Waals surface area (Å²) in [5.41, 5.74) is -2.39. The summed E-state index contributed by atoms with van der Waals surface area (Å²) >= 11 is 0. The molecule has 1 rings (SSSR count). The number of nitrogens with zero attached hydrogens (tertiary/aromatic N) is 2. The molecule has 0 atom stereocenters. The second-order valence-corrected chi connectivity index (χ2v) is 4.19. The zero-order valence-corrected chi connectivity index (χ0v) is 8.30. The van der Waals surface area contributed by atoms with Crippen LogP contribution in [0.5, 0.6) is 0 Å². The highest BCUT2D eigenvalue weighted by atomic mass is 32.2. The number of pyridine rings is 1. The molecule has 0 aliphatic carbocycles. The maximum atomic E-state index is 12.9. The second-order valence-electron chi connectivity index (χ2n) is 2.66. The fraction of sp³-hybridized carbons (Fsp3) is 0.143. The van der Waals surface area contributed by atoms with Crippen molar-refractivity contribution in [2.45, 2.75) is 11.3 Å². The van der Waals surface area contributed by atoms with Crippen LogP contribution in [-0.2, 0) is 10.0 Å². The summed E-state index contributed by atoms with van der Waals surface area (Å²) < 4.78 is 59.5. The highest BCUT2D eigenvalue weighted by Crippen LogP contribution is 2.28. The Hall–Kier alpha value is -1.66. The molecule has 16 heavy (non-hydrogen) atoms. The van der Waals surface area contributed by atoms with Crippen LogP contribution in [0.1, 0.15) is 17.6 Å². The molecule has 0 unspecified atom stereocenters. The first kappa shape index (κ1) is 12.4. The van der Waals surface area contributed by atoms with Gasteiger partial charge in [-0.1, -0.05) is 0 Å². The first-order valence-electron chi connectivity index (χ1n) is 3.68. The van der Waals surface area contributed by atoms with Crippen molar-refractivity contribution >= 4 is 10.0 Å². The molecule has 1 aromatic rings. The Bertz CT molecular complexity index is 565. The molecule has 0 saturated heterocycles. The zero-order chi connectivity index (χ0) is 12.5. The topological polar surface area (TPSA) is 96.8 Å². The van der Waals surface area contributed by atoms with Crippen LogP contribution in [0.3, 0.4) is 0 Å². The van der Waals surface area contributed by atoms with E-state index in [4.69, 9.17) is 5.26 Å². The summed E-state index contributed by atoms with van der Waals surface area (Å²) in [6.07, 6.45) is -2.93. The van der Waals surface area contributed by atoms with E-state index in [2.05, 4.69) is 10.1 Å². The number of rotatable bonds is 2. The number of primary sulfonamides is 1. The molecule has 0 fully saturated rings. The lowest BCUT2D eigenvalue weighted by atomic mass is 10.1. The van der Waals surface area contributed by atoms with Gasteiger partial charge in [-0.3, -0.25) is 0 Å². The van der Waals surface area contributed by atoms with Crippen LogP contribution in [-0.4, -0.2) is 13.4 Å². The fourth-order valence-electron chi connectivity index (χ4n) is 1.02. The Morgan fingerprint density at radius 1 is 1.50 bits per heavy atom. The van der Waals surface area contributed by atoms with Gasteiger partial charge in [-0.2, -0.15) is 9.65 Å². The molecule has 9 heteroatoms. The van der Waals surface area contributed by atoms with Gasteiger partial charge in [0.2, 0.25) is 16.0 Å². The van der Waals surface area contributed by atoms with E-state index in [0.717, 1.165) is 0 Å². The highest BCUT2D eigenvalue weighted by molar-refractivity contribution is 7.89. The largest absolute Gasteiger partial charge is 0.269 e. The van der Waals surface area contributed by atoms with Gasteiger partial charge in [0.25, 0.3) is 6.43 Å². The lowest BCUT2D eigenvalue weighted by Gasteiger charge is -2.06. The van der Waals surface area contributed by atoms with E-state index < -0.39 is 38.4 Å². The third kappa shape index (κ3) is 2.12. The van der Waals surface area contributed by atoms with E-state index >= 15 is 0 Å². The van der Waals surface area contributed by atoms with E-state index in [-0.39, 0.29) is 0 Å². The minimum Gasteiger partial charge on any atom is -0.226 e. The van der Waals surface area contributed by atoms with Crippen molar-refractivity contribution in [3.05, 3.63) is 23.3 Å². The van der Waals surface area contributed by atoms with Crippen molar-refractivity contribution in [2.24, 2.45) is 5.14 Å². The molecule has 0 aliphatic rings. The van der Waals surface area contributed by atoms with Gasteiger partial charge in [0, 0.05) is 0 Å². The molecule has 0 saturated carbocycles. The summed E-state index contributed by atoms with van der Waals surface area (Å²) in [6, 6.07) is 1.17. The van der Waals surface area contributed by atoms with E-state index in [1.807, 2.05) is 0 Å². The predicted molar refractivity (Wildman–Crippen MR) is 45.2 cm³/mol. The number of aromatic nitrogens is 1. The number of hydrogen-bond acceptors (Lipinski definition) is 4. The Morgan fingerprint density at radius 3 is 2.44 bits per heavy atom. The SMILES string of the molecule is N#Cc1c(S(N)(=O)=O)cnc(F)c1C(F)F. The molecule has 0 amide bonds. The summed E-state index contributed by atoms with van der Waals surface area (Å²) in [5.74, 6) is -1.60. The molecular weight excluding hydrogens is 247 g/mol. The van der Waals surface area contributed by atoms with Gasteiger partial charge in [0.15, 0.2) is 0 Å². The number of alkyl halides is 2. The number of sulfonamides is 1. The third-order valence-corrected chi connectivity index (χ3v) is 2.59. The molecule has 0 bridgehead atoms. The van der Waals surface area contributed by atoms with E-state index in [1.54, 1.807) is 0 Å².